The van der Waals surface area contributed by atoms with Crippen LogP contribution in [0.4, 0.5) is 0 Å². The summed E-state index contributed by atoms with van der Waals surface area (Å²) in [5, 5.41) is 0. The van der Waals surface area contributed by atoms with E-state index in [0.717, 1.165) is 0 Å². The SMILES string of the molecule is O=C(/C=C(\C(=O)c1ccccc1)c1nc2ccccc2o1)c1ccccc1. The highest BCUT2D eigenvalue weighted by Crippen LogP contribution is 2.24. The highest BCUT2D eigenvalue weighted by molar-refractivity contribution is 6.32. The third-order valence-corrected chi connectivity index (χ3v) is 4.14. The number of carbonyl (C=O) groups is 2. The molecule has 3 aromatic carbocycles. The van der Waals surface area contributed by atoms with Crippen LogP contribution in [-0.2, 0) is 0 Å². The fraction of sp³-hybridized carbons (Fsp3) is 0. The number of benzene rings is 3. The van der Waals surface area contributed by atoms with Crippen LogP contribution in [-0.4, -0.2) is 16.6 Å². The minimum absolute atomic E-state index is 0.131. The summed E-state index contributed by atoms with van der Waals surface area (Å²) in [6.07, 6.45) is 1.30. The highest BCUT2D eigenvalue weighted by Gasteiger charge is 2.21. The van der Waals surface area contributed by atoms with E-state index in [0.29, 0.717) is 22.2 Å². The van der Waals surface area contributed by atoms with E-state index in [4.69, 9.17) is 4.42 Å². The maximum absolute atomic E-state index is 13.1. The summed E-state index contributed by atoms with van der Waals surface area (Å²) in [6, 6.07) is 24.8. The Balaban J connectivity index is 1.83. The molecule has 0 aliphatic rings. The zero-order valence-corrected chi connectivity index (χ0v) is 14.3. The molecule has 0 aliphatic heterocycles. The van der Waals surface area contributed by atoms with Crippen molar-refractivity contribution in [3.63, 3.8) is 0 Å². The Kier molecular flexibility index (Phi) is 4.45. The van der Waals surface area contributed by atoms with Crippen molar-refractivity contribution >= 4 is 28.2 Å². The van der Waals surface area contributed by atoms with Crippen molar-refractivity contribution in [1.29, 1.82) is 0 Å². The first-order valence-electron chi connectivity index (χ1n) is 8.49. The van der Waals surface area contributed by atoms with Crippen LogP contribution >= 0.6 is 0 Å². The molecule has 27 heavy (non-hydrogen) atoms. The van der Waals surface area contributed by atoms with Crippen LogP contribution in [0.1, 0.15) is 26.6 Å². The van der Waals surface area contributed by atoms with Crippen LogP contribution in [0.2, 0.25) is 0 Å². The van der Waals surface area contributed by atoms with Crippen LogP contribution in [0.3, 0.4) is 0 Å². The number of oxazole rings is 1. The monoisotopic (exact) mass is 353 g/mol. The predicted molar refractivity (Wildman–Crippen MR) is 104 cm³/mol. The lowest BCUT2D eigenvalue weighted by atomic mass is 10.0. The van der Waals surface area contributed by atoms with Gasteiger partial charge in [0.25, 0.3) is 0 Å². The van der Waals surface area contributed by atoms with Gasteiger partial charge in [-0.2, -0.15) is 0 Å². The zero-order valence-electron chi connectivity index (χ0n) is 14.3. The van der Waals surface area contributed by atoms with Crippen LogP contribution in [0.5, 0.6) is 0 Å². The molecule has 0 amide bonds. The van der Waals surface area contributed by atoms with Crippen molar-refractivity contribution in [3.05, 3.63) is 108 Å². The number of aromatic nitrogens is 1. The largest absolute Gasteiger partial charge is 0.436 e. The van der Waals surface area contributed by atoms with Crippen molar-refractivity contribution in [2.75, 3.05) is 0 Å². The number of fused-ring (bicyclic) bond motifs is 1. The molecule has 4 rings (SSSR count). The number of para-hydroxylation sites is 2. The molecule has 0 aliphatic carbocycles. The van der Waals surface area contributed by atoms with E-state index in [-0.39, 0.29) is 23.0 Å². The van der Waals surface area contributed by atoms with Gasteiger partial charge in [0, 0.05) is 17.2 Å². The first-order chi connectivity index (χ1) is 13.2. The average molecular weight is 353 g/mol. The second-order valence-electron chi connectivity index (χ2n) is 5.97. The summed E-state index contributed by atoms with van der Waals surface area (Å²) < 4.78 is 5.76. The first kappa shape index (κ1) is 16.7. The van der Waals surface area contributed by atoms with Gasteiger partial charge in [0.2, 0.25) is 5.89 Å². The summed E-state index contributed by atoms with van der Waals surface area (Å²) in [7, 11) is 0. The Morgan fingerprint density at radius 2 is 1.33 bits per heavy atom. The second-order valence-corrected chi connectivity index (χ2v) is 5.97. The van der Waals surface area contributed by atoms with E-state index in [2.05, 4.69) is 4.98 Å². The summed E-state index contributed by atoms with van der Waals surface area (Å²) in [6.45, 7) is 0. The minimum atomic E-state index is -0.313. The molecule has 0 bridgehead atoms. The molecule has 4 aromatic rings. The molecular weight excluding hydrogens is 338 g/mol. The number of hydrogen-bond donors (Lipinski definition) is 0. The molecule has 4 nitrogen and oxygen atoms in total. The third-order valence-electron chi connectivity index (χ3n) is 4.14. The van der Waals surface area contributed by atoms with Gasteiger partial charge in [-0.05, 0) is 12.1 Å². The highest BCUT2D eigenvalue weighted by atomic mass is 16.3. The van der Waals surface area contributed by atoms with Gasteiger partial charge in [-0.3, -0.25) is 9.59 Å². The van der Waals surface area contributed by atoms with Gasteiger partial charge in [0.1, 0.15) is 5.52 Å². The molecule has 0 saturated heterocycles. The molecule has 130 valence electrons. The van der Waals surface area contributed by atoms with Crippen molar-refractivity contribution in [2.45, 2.75) is 0 Å². The van der Waals surface area contributed by atoms with Crippen molar-refractivity contribution < 1.29 is 14.0 Å². The number of ketones is 2. The van der Waals surface area contributed by atoms with Crippen LogP contribution in [0, 0.1) is 0 Å². The number of carbonyl (C=O) groups excluding carboxylic acids is 2. The number of allylic oxidation sites excluding steroid dienone is 2. The molecule has 1 heterocycles. The smallest absolute Gasteiger partial charge is 0.231 e. The van der Waals surface area contributed by atoms with Crippen LogP contribution in [0.15, 0.2) is 95.4 Å². The van der Waals surface area contributed by atoms with Gasteiger partial charge in [-0.15, -0.1) is 0 Å². The van der Waals surface area contributed by atoms with Gasteiger partial charge in [-0.1, -0.05) is 72.8 Å². The molecule has 0 fully saturated rings. The van der Waals surface area contributed by atoms with E-state index in [1.54, 1.807) is 60.7 Å². The minimum Gasteiger partial charge on any atom is -0.436 e. The van der Waals surface area contributed by atoms with Crippen molar-refractivity contribution in [2.24, 2.45) is 0 Å². The number of rotatable bonds is 5. The Morgan fingerprint density at radius 1 is 0.741 bits per heavy atom. The molecule has 0 N–H and O–H groups in total. The average Bonchev–Trinajstić information content (AvgIpc) is 3.16. The van der Waals surface area contributed by atoms with Gasteiger partial charge in [-0.25, -0.2) is 4.98 Å². The fourth-order valence-electron chi connectivity index (χ4n) is 2.77. The van der Waals surface area contributed by atoms with Crippen molar-refractivity contribution in [3.8, 4) is 0 Å². The van der Waals surface area contributed by atoms with E-state index < -0.39 is 0 Å². The maximum Gasteiger partial charge on any atom is 0.231 e. The molecule has 4 heteroatoms. The molecular formula is C23H15NO3. The first-order valence-corrected chi connectivity index (χ1v) is 8.49. The summed E-state index contributed by atoms with van der Waals surface area (Å²) in [5.41, 5.74) is 2.28. The number of hydrogen-bond acceptors (Lipinski definition) is 4. The molecule has 0 atom stereocenters. The molecule has 0 saturated carbocycles. The lowest BCUT2D eigenvalue weighted by molar-refractivity contribution is 0.102. The Bertz CT molecular complexity index is 1110. The molecule has 0 radical (unpaired) electrons. The maximum atomic E-state index is 13.1. The summed E-state index contributed by atoms with van der Waals surface area (Å²) in [4.78, 5) is 30.1. The van der Waals surface area contributed by atoms with E-state index >= 15 is 0 Å². The predicted octanol–water partition coefficient (Wildman–Crippen LogP) is 4.98. The molecule has 1 aromatic heterocycles. The van der Waals surface area contributed by atoms with Gasteiger partial charge >= 0.3 is 0 Å². The van der Waals surface area contributed by atoms with E-state index in [1.165, 1.54) is 6.08 Å². The molecule has 0 unspecified atom stereocenters. The zero-order chi connectivity index (χ0) is 18.6. The number of Topliss-reactive ketones (excluding diaryl/α,β-unsaturated/α-hetero) is 1. The number of nitrogens with zero attached hydrogens (tertiary/aromatic N) is 1. The van der Waals surface area contributed by atoms with Gasteiger partial charge in [0.05, 0.1) is 5.57 Å². The normalized spacial score (nSPS) is 11.5. The lowest BCUT2D eigenvalue weighted by Crippen LogP contribution is -2.06. The third kappa shape index (κ3) is 3.46. The Labute approximate surface area is 155 Å². The fourth-order valence-corrected chi connectivity index (χ4v) is 2.77. The summed E-state index contributed by atoms with van der Waals surface area (Å²) >= 11 is 0. The quantitative estimate of drug-likeness (QED) is 0.375. The van der Waals surface area contributed by atoms with E-state index in [9.17, 15) is 9.59 Å². The van der Waals surface area contributed by atoms with Gasteiger partial charge in [0.15, 0.2) is 17.1 Å². The second kappa shape index (κ2) is 7.22. The van der Waals surface area contributed by atoms with Crippen LogP contribution < -0.4 is 0 Å². The summed E-state index contributed by atoms with van der Waals surface area (Å²) in [5.74, 6) is -0.460. The Morgan fingerprint density at radius 3 is 2.00 bits per heavy atom. The van der Waals surface area contributed by atoms with Crippen molar-refractivity contribution in [1.82, 2.24) is 4.98 Å². The standard InChI is InChI=1S/C23H15NO3/c25-20(16-9-3-1-4-10-16)15-18(22(26)17-11-5-2-6-12-17)23-24-19-13-7-8-14-21(19)27-23/h1-15H/b18-15+. The van der Waals surface area contributed by atoms with Gasteiger partial charge < -0.3 is 4.42 Å². The topological polar surface area (TPSA) is 60.2 Å². The van der Waals surface area contributed by atoms with E-state index in [1.807, 2.05) is 24.3 Å². The Hall–Kier alpha value is -3.79. The van der Waals surface area contributed by atoms with Crippen LogP contribution in [0.25, 0.3) is 16.7 Å². The lowest BCUT2D eigenvalue weighted by Gasteiger charge is -2.03. The molecule has 0 spiro atoms.